The van der Waals surface area contributed by atoms with Gasteiger partial charge in [0.05, 0.1) is 18.8 Å². The number of halogens is 1. The molecule has 0 amide bonds. The zero-order chi connectivity index (χ0) is 11.8. The average molecular weight is 237 g/mol. The Morgan fingerprint density at radius 1 is 1.29 bits per heavy atom. The molecule has 2 aliphatic heterocycles. The largest absolute Gasteiger partial charge is 0.391 e. The van der Waals surface area contributed by atoms with Crippen LogP contribution in [0.1, 0.15) is 18.4 Å². The van der Waals surface area contributed by atoms with Crippen LogP contribution < -0.4 is 4.90 Å². The van der Waals surface area contributed by atoms with Gasteiger partial charge in [0.15, 0.2) is 0 Å². The van der Waals surface area contributed by atoms with E-state index in [1.54, 1.807) is 6.07 Å². The molecule has 0 saturated carbocycles. The number of hydrogen-bond donors (Lipinski definition) is 1. The van der Waals surface area contributed by atoms with Gasteiger partial charge in [-0.25, -0.2) is 4.39 Å². The van der Waals surface area contributed by atoms with Gasteiger partial charge in [0, 0.05) is 24.3 Å². The molecule has 2 saturated heterocycles. The Bertz CT molecular complexity index is 412. The zero-order valence-electron chi connectivity index (χ0n) is 9.60. The van der Waals surface area contributed by atoms with Crippen LogP contribution in [-0.4, -0.2) is 30.4 Å². The van der Waals surface area contributed by atoms with Crippen LogP contribution in [0.5, 0.6) is 0 Å². The van der Waals surface area contributed by atoms with Crippen molar-refractivity contribution in [1.29, 1.82) is 0 Å². The average Bonchev–Trinajstić information content (AvgIpc) is 2.68. The quantitative estimate of drug-likeness (QED) is 0.849. The number of hydrogen-bond acceptors (Lipinski definition) is 3. The molecule has 0 aliphatic carbocycles. The highest BCUT2D eigenvalue weighted by Crippen LogP contribution is 2.32. The van der Waals surface area contributed by atoms with E-state index in [1.165, 1.54) is 6.07 Å². The molecule has 17 heavy (non-hydrogen) atoms. The number of morpholine rings is 1. The Morgan fingerprint density at radius 3 is 2.65 bits per heavy atom. The summed E-state index contributed by atoms with van der Waals surface area (Å²) < 4.78 is 19.4. The fourth-order valence-corrected chi connectivity index (χ4v) is 2.81. The van der Waals surface area contributed by atoms with Crippen molar-refractivity contribution in [2.45, 2.75) is 31.7 Å². The Morgan fingerprint density at radius 2 is 2.00 bits per heavy atom. The minimum atomic E-state index is -0.330. The molecule has 2 unspecified atom stereocenters. The number of benzene rings is 1. The molecule has 1 N–H and O–H groups in total. The van der Waals surface area contributed by atoms with E-state index in [4.69, 9.17) is 4.74 Å². The van der Waals surface area contributed by atoms with Gasteiger partial charge in [-0.15, -0.1) is 0 Å². The normalized spacial score (nSPS) is 27.5. The number of fused-ring (bicyclic) bond motifs is 2. The Labute approximate surface area is 99.8 Å². The number of aliphatic hydroxyl groups excluding tert-OH is 1. The third-order valence-electron chi connectivity index (χ3n) is 3.64. The first-order valence-electron chi connectivity index (χ1n) is 6.06. The molecule has 1 aromatic rings. The smallest absolute Gasteiger partial charge is 0.130 e. The molecule has 92 valence electrons. The van der Waals surface area contributed by atoms with E-state index < -0.39 is 0 Å². The summed E-state index contributed by atoms with van der Waals surface area (Å²) in [5.74, 6) is -0.330. The van der Waals surface area contributed by atoms with E-state index in [9.17, 15) is 9.50 Å². The van der Waals surface area contributed by atoms with Crippen molar-refractivity contribution in [3.63, 3.8) is 0 Å². The summed E-state index contributed by atoms with van der Waals surface area (Å²) in [6, 6.07) is 4.96. The third-order valence-corrected chi connectivity index (χ3v) is 3.64. The minimum absolute atomic E-state index is 0.255. The van der Waals surface area contributed by atoms with Crippen LogP contribution >= 0.6 is 0 Å². The summed E-state index contributed by atoms with van der Waals surface area (Å²) in [5.41, 5.74) is 1.21. The van der Waals surface area contributed by atoms with E-state index in [0.29, 0.717) is 5.56 Å². The first kappa shape index (κ1) is 11.0. The van der Waals surface area contributed by atoms with Gasteiger partial charge in [-0.1, -0.05) is 6.07 Å². The Kier molecular flexibility index (Phi) is 2.76. The number of rotatable bonds is 2. The molecule has 4 heteroatoms. The third kappa shape index (κ3) is 1.91. The lowest BCUT2D eigenvalue weighted by Gasteiger charge is -2.35. The Hall–Kier alpha value is -1.13. The summed E-state index contributed by atoms with van der Waals surface area (Å²) in [6.45, 7) is 1.34. The topological polar surface area (TPSA) is 32.7 Å². The fraction of sp³-hybridized carbons (Fsp3) is 0.538. The van der Waals surface area contributed by atoms with Gasteiger partial charge in [-0.2, -0.15) is 0 Å². The van der Waals surface area contributed by atoms with Crippen LogP contribution in [0.25, 0.3) is 0 Å². The lowest BCUT2D eigenvalue weighted by Crippen LogP contribution is -2.43. The van der Waals surface area contributed by atoms with Crippen molar-refractivity contribution >= 4 is 5.69 Å². The molecule has 0 radical (unpaired) electrons. The van der Waals surface area contributed by atoms with Crippen LogP contribution in [0.4, 0.5) is 10.1 Å². The van der Waals surface area contributed by atoms with Crippen molar-refractivity contribution in [3.8, 4) is 0 Å². The molecule has 2 heterocycles. The monoisotopic (exact) mass is 237 g/mol. The highest BCUT2D eigenvalue weighted by atomic mass is 19.1. The lowest BCUT2D eigenvalue weighted by atomic mass is 10.1. The number of anilines is 1. The number of nitrogens with zero attached hydrogens (tertiary/aromatic N) is 1. The molecule has 3 rings (SSSR count). The van der Waals surface area contributed by atoms with Gasteiger partial charge in [0.25, 0.3) is 0 Å². The first-order valence-corrected chi connectivity index (χ1v) is 6.06. The van der Waals surface area contributed by atoms with Crippen LogP contribution in [0, 0.1) is 5.82 Å². The van der Waals surface area contributed by atoms with Crippen LogP contribution in [-0.2, 0) is 11.3 Å². The maximum absolute atomic E-state index is 13.6. The van der Waals surface area contributed by atoms with Crippen molar-refractivity contribution < 1.29 is 14.2 Å². The summed E-state index contributed by atoms with van der Waals surface area (Å²) in [6.07, 6.45) is 2.71. The van der Waals surface area contributed by atoms with Crippen LogP contribution in [0.15, 0.2) is 18.2 Å². The summed E-state index contributed by atoms with van der Waals surface area (Å²) >= 11 is 0. The molecule has 2 bridgehead atoms. The van der Waals surface area contributed by atoms with Crippen molar-refractivity contribution in [2.24, 2.45) is 0 Å². The molecule has 2 atom stereocenters. The van der Waals surface area contributed by atoms with E-state index in [0.717, 1.165) is 31.6 Å². The zero-order valence-corrected chi connectivity index (χ0v) is 9.60. The van der Waals surface area contributed by atoms with Crippen molar-refractivity contribution in [3.05, 3.63) is 29.6 Å². The number of ether oxygens (including phenoxy) is 1. The SMILES string of the molecule is OCc1c(F)cccc1N1CC2CCC(C1)O2. The molecular formula is C13H16FNO2. The molecule has 0 spiro atoms. The van der Waals surface area contributed by atoms with Crippen molar-refractivity contribution in [1.82, 2.24) is 0 Å². The van der Waals surface area contributed by atoms with Crippen molar-refractivity contribution in [2.75, 3.05) is 18.0 Å². The lowest BCUT2D eigenvalue weighted by molar-refractivity contribution is 0.0303. The van der Waals surface area contributed by atoms with Gasteiger partial charge < -0.3 is 14.7 Å². The van der Waals surface area contributed by atoms with Gasteiger partial charge in [0.1, 0.15) is 5.82 Å². The van der Waals surface area contributed by atoms with E-state index in [-0.39, 0.29) is 24.6 Å². The maximum atomic E-state index is 13.6. The van der Waals surface area contributed by atoms with Crippen LogP contribution in [0.3, 0.4) is 0 Å². The molecule has 2 fully saturated rings. The van der Waals surface area contributed by atoms with Gasteiger partial charge in [0.2, 0.25) is 0 Å². The highest BCUT2D eigenvalue weighted by molar-refractivity contribution is 5.54. The maximum Gasteiger partial charge on any atom is 0.130 e. The van der Waals surface area contributed by atoms with Gasteiger partial charge in [-0.05, 0) is 25.0 Å². The molecular weight excluding hydrogens is 221 g/mol. The van der Waals surface area contributed by atoms with Gasteiger partial charge in [-0.3, -0.25) is 0 Å². The first-order chi connectivity index (χ1) is 8.28. The van der Waals surface area contributed by atoms with Gasteiger partial charge >= 0.3 is 0 Å². The highest BCUT2D eigenvalue weighted by Gasteiger charge is 2.34. The number of aliphatic hydroxyl groups is 1. The van der Waals surface area contributed by atoms with E-state index in [1.807, 2.05) is 6.07 Å². The predicted molar refractivity (Wildman–Crippen MR) is 62.4 cm³/mol. The molecule has 1 aromatic carbocycles. The Balaban J connectivity index is 1.91. The second-order valence-electron chi connectivity index (χ2n) is 4.76. The molecule has 3 nitrogen and oxygen atoms in total. The standard InChI is InChI=1S/C13H16FNO2/c14-12-2-1-3-13(11(12)8-16)15-6-9-4-5-10(7-15)17-9/h1-3,9-10,16H,4-8H2. The summed E-state index contributed by atoms with van der Waals surface area (Å²) in [4.78, 5) is 2.14. The van der Waals surface area contributed by atoms with E-state index >= 15 is 0 Å². The fourth-order valence-electron chi connectivity index (χ4n) is 2.81. The minimum Gasteiger partial charge on any atom is -0.391 e. The predicted octanol–water partition coefficient (Wildman–Crippen LogP) is 1.69. The second-order valence-corrected chi connectivity index (χ2v) is 4.76. The molecule has 0 aromatic heterocycles. The summed E-state index contributed by atoms with van der Waals surface area (Å²) in [7, 11) is 0. The van der Waals surface area contributed by atoms with E-state index in [2.05, 4.69) is 4.90 Å². The second kappa shape index (κ2) is 4.27. The summed E-state index contributed by atoms with van der Waals surface area (Å²) in [5, 5.41) is 9.28. The van der Waals surface area contributed by atoms with Crippen LogP contribution in [0.2, 0.25) is 0 Å². The molecule has 2 aliphatic rings.